The highest BCUT2D eigenvalue weighted by atomic mass is 16.2. The molecule has 0 unspecified atom stereocenters. The number of fused-ring (bicyclic) bond motifs is 1. The number of piperidine rings is 1. The minimum atomic E-state index is -0.114. The molecule has 0 bridgehead atoms. The summed E-state index contributed by atoms with van der Waals surface area (Å²) in [5, 5.41) is 11.9. The second-order valence-corrected chi connectivity index (χ2v) is 10.3. The van der Waals surface area contributed by atoms with Crippen molar-refractivity contribution in [2.45, 2.75) is 98.6 Å². The van der Waals surface area contributed by atoms with E-state index in [-0.39, 0.29) is 44.7 Å². The van der Waals surface area contributed by atoms with Crippen molar-refractivity contribution in [2.24, 2.45) is 5.92 Å². The molecule has 2 amide bonds. The lowest BCUT2D eigenvalue weighted by atomic mass is 9.90. The molecule has 1 aliphatic heterocycles. The first-order valence-electron chi connectivity index (χ1n) is 13.3. The summed E-state index contributed by atoms with van der Waals surface area (Å²) in [6, 6.07) is 8.39. The van der Waals surface area contributed by atoms with Crippen LogP contribution in [0, 0.1) is 5.92 Å². The average molecular weight is 500 g/mol. The zero-order chi connectivity index (χ0) is 23.9. The maximum Gasteiger partial charge on any atom is 0.272 e. The Balaban J connectivity index is 0.00000228. The normalized spacial score (nSPS) is 18.1. The van der Waals surface area contributed by atoms with Crippen molar-refractivity contribution < 1.29 is 9.59 Å². The van der Waals surface area contributed by atoms with Gasteiger partial charge in [0.2, 0.25) is 5.91 Å². The SMILES string of the molecule is C.C.CC(C)n1nc(C(=O)NCCN2CCC(NC(=O)C3CCCCCCC3)CC2)c2ccccc21. The van der Waals surface area contributed by atoms with Crippen molar-refractivity contribution in [3.8, 4) is 0 Å². The van der Waals surface area contributed by atoms with Crippen LogP contribution in [0.4, 0.5) is 0 Å². The molecular formula is C29H49N5O2. The van der Waals surface area contributed by atoms with E-state index in [1.54, 1.807) is 0 Å². The molecular weight excluding hydrogens is 450 g/mol. The Morgan fingerprint density at radius 2 is 1.61 bits per heavy atom. The third-order valence-corrected chi connectivity index (χ3v) is 7.44. The Labute approximate surface area is 218 Å². The summed E-state index contributed by atoms with van der Waals surface area (Å²) in [4.78, 5) is 28.0. The van der Waals surface area contributed by atoms with E-state index in [4.69, 9.17) is 0 Å². The standard InChI is InChI=1S/C27H41N5O2.2CH4/c1-20(2)32-24-13-9-8-12-23(24)25(30-32)27(34)28-16-19-31-17-14-22(15-18-31)29-26(33)21-10-6-4-3-5-7-11-21;;/h8-9,12-13,20-22H,3-7,10-11,14-19H2,1-2H3,(H,28,34)(H,29,33);2*1H4. The summed E-state index contributed by atoms with van der Waals surface area (Å²) in [5.74, 6) is 0.376. The maximum absolute atomic E-state index is 12.9. The molecule has 7 nitrogen and oxygen atoms in total. The smallest absolute Gasteiger partial charge is 0.272 e. The van der Waals surface area contributed by atoms with Crippen molar-refractivity contribution >= 4 is 22.7 Å². The van der Waals surface area contributed by atoms with E-state index in [1.165, 1.54) is 32.1 Å². The zero-order valence-electron chi connectivity index (χ0n) is 20.9. The quantitative estimate of drug-likeness (QED) is 0.523. The molecule has 2 fully saturated rings. The van der Waals surface area contributed by atoms with Crippen LogP contribution in [0.15, 0.2) is 24.3 Å². The highest BCUT2D eigenvalue weighted by molar-refractivity contribution is 6.04. The molecule has 1 aliphatic carbocycles. The molecule has 1 aromatic heterocycles. The zero-order valence-corrected chi connectivity index (χ0v) is 20.9. The number of carbonyl (C=O) groups is 2. The second-order valence-electron chi connectivity index (χ2n) is 10.3. The van der Waals surface area contributed by atoms with E-state index in [9.17, 15) is 9.59 Å². The molecule has 4 rings (SSSR count). The number of benzene rings is 1. The predicted octanol–water partition coefficient (Wildman–Crippen LogP) is 5.56. The lowest BCUT2D eigenvalue weighted by Gasteiger charge is -2.33. The van der Waals surface area contributed by atoms with Gasteiger partial charge in [0, 0.05) is 49.6 Å². The van der Waals surface area contributed by atoms with Crippen LogP contribution in [0.2, 0.25) is 0 Å². The Morgan fingerprint density at radius 3 is 2.28 bits per heavy atom. The molecule has 7 heteroatoms. The number of likely N-dealkylation sites (tertiary alicyclic amines) is 1. The lowest BCUT2D eigenvalue weighted by Crippen LogP contribution is -2.47. The summed E-state index contributed by atoms with van der Waals surface area (Å²) < 4.78 is 1.92. The minimum absolute atomic E-state index is 0. The second kappa shape index (κ2) is 14.4. The summed E-state index contributed by atoms with van der Waals surface area (Å²) in [6.07, 6.45) is 10.3. The first-order valence-corrected chi connectivity index (χ1v) is 13.3. The molecule has 0 atom stereocenters. The molecule has 1 saturated carbocycles. The van der Waals surface area contributed by atoms with Crippen molar-refractivity contribution in [1.29, 1.82) is 0 Å². The number of nitrogens with zero attached hydrogens (tertiary/aromatic N) is 3. The van der Waals surface area contributed by atoms with Crippen molar-refractivity contribution in [3.63, 3.8) is 0 Å². The van der Waals surface area contributed by atoms with Crippen molar-refractivity contribution in [2.75, 3.05) is 26.2 Å². The van der Waals surface area contributed by atoms with Gasteiger partial charge in [-0.15, -0.1) is 0 Å². The van der Waals surface area contributed by atoms with Crippen LogP contribution >= 0.6 is 0 Å². The molecule has 1 saturated heterocycles. The van der Waals surface area contributed by atoms with Crippen LogP contribution in [-0.4, -0.2) is 58.7 Å². The van der Waals surface area contributed by atoms with Gasteiger partial charge in [0.05, 0.1) is 5.52 Å². The third kappa shape index (κ3) is 7.55. The fraction of sp³-hybridized carbons (Fsp3) is 0.690. The van der Waals surface area contributed by atoms with Gasteiger partial charge in [-0.3, -0.25) is 14.3 Å². The van der Waals surface area contributed by atoms with Crippen LogP contribution in [-0.2, 0) is 4.79 Å². The van der Waals surface area contributed by atoms with Crippen molar-refractivity contribution in [1.82, 2.24) is 25.3 Å². The minimum Gasteiger partial charge on any atom is -0.353 e. The Kier molecular flexibility index (Phi) is 11.9. The van der Waals surface area contributed by atoms with E-state index in [1.807, 2.05) is 28.9 Å². The molecule has 36 heavy (non-hydrogen) atoms. The molecule has 2 heterocycles. The van der Waals surface area contributed by atoms with Crippen LogP contribution in [0.25, 0.3) is 10.9 Å². The maximum atomic E-state index is 12.9. The fourth-order valence-electron chi connectivity index (χ4n) is 5.40. The highest BCUT2D eigenvalue weighted by Crippen LogP contribution is 2.24. The number of aromatic nitrogens is 2. The van der Waals surface area contributed by atoms with Gasteiger partial charge in [0.25, 0.3) is 5.91 Å². The summed E-state index contributed by atoms with van der Waals surface area (Å²) in [5.41, 5.74) is 1.49. The van der Waals surface area contributed by atoms with Gasteiger partial charge < -0.3 is 15.5 Å². The topological polar surface area (TPSA) is 79.3 Å². The number of nitrogens with one attached hydrogen (secondary N) is 2. The van der Waals surface area contributed by atoms with Gasteiger partial charge in [-0.1, -0.05) is 65.2 Å². The Morgan fingerprint density at radius 1 is 0.972 bits per heavy atom. The number of para-hydroxylation sites is 1. The van der Waals surface area contributed by atoms with Gasteiger partial charge in [-0.2, -0.15) is 5.10 Å². The number of hydrogen-bond donors (Lipinski definition) is 2. The van der Waals surface area contributed by atoms with E-state index < -0.39 is 0 Å². The number of hydrogen-bond acceptors (Lipinski definition) is 4. The number of carbonyl (C=O) groups excluding carboxylic acids is 2. The molecule has 2 aliphatic rings. The molecule has 0 radical (unpaired) electrons. The highest BCUT2D eigenvalue weighted by Gasteiger charge is 2.25. The number of amides is 2. The molecule has 2 N–H and O–H groups in total. The summed E-state index contributed by atoms with van der Waals surface area (Å²) in [7, 11) is 0. The van der Waals surface area contributed by atoms with Crippen LogP contribution in [0.5, 0.6) is 0 Å². The van der Waals surface area contributed by atoms with E-state index >= 15 is 0 Å². The first-order chi connectivity index (χ1) is 16.5. The predicted molar refractivity (Wildman–Crippen MR) is 149 cm³/mol. The largest absolute Gasteiger partial charge is 0.353 e. The summed E-state index contributed by atoms with van der Waals surface area (Å²) in [6.45, 7) is 7.47. The van der Waals surface area contributed by atoms with E-state index in [0.29, 0.717) is 12.2 Å². The summed E-state index contributed by atoms with van der Waals surface area (Å²) >= 11 is 0. The van der Waals surface area contributed by atoms with Gasteiger partial charge >= 0.3 is 0 Å². The molecule has 202 valence electrons. The van der Waals surface area contributed by atoms with Gasteiger partial charge in [-0.05, 0) is 45.6 Å². The van der Waals surface area contributed by atoms with Crippen molar-refractivity contribution in [3.05, 3.63) is 30.0 Å². The van der Waals surface area contributed by atoms with Gasteiger partial charge in [-0.25, -0.2) is 0 Å². The van der Waals surface area contributed by atoms with Crippen LogP contribution < -0.4 is 10.6 Å². The average Bonchev–Trinajstić information content (AvgIpc) is 3.20. The third-order valence-electron chi connectivity index (χ3n) is 7.44. The Hall–Kier alpha value is -2.41. The van der Waals surface area contributed by atoms with Gasteiger partial charge in [0.1, 0.15) is 0 Å². The molecule has 0 spiro atoms. The van der Waals surface area contributed by atoms with E-state index in [2.05, 4.69) is 34.5 Å². The molecule has 1 aromatic carbocycles. The molecule has 2 aromatic rings. The first kappa shape index (κ1) is 29.8. The van der Waals surface area contributed by atoms with Crippen LogP contribution in [0.1, 0.15) is 103 Å². The number of rotatable bonds is 7. The monoisotopic (exact) mass is 499 g/mol. The van der Waals surface area contributed by atoms with Crippen LogP contribution in [0.3, 0.4) is 0 Å². The fourth-order valence-corrected chi connectivity index (χ4v) is 5.40. The van der Waals surface area contributed by atoms with Gasteiger partial charge in [0.15, 0.2) is 5.69 Å². The Bertz CT molecular complexity index is 954. The lowest BCUT2D eigenvalue weighted by molar-refractivity contribution is -0.126. The van der Waals surface area contributed by atoms with E-state index in [0.717, 1.165) is 56.2 Å².